The van der Waals surface area contributed by atoms with E-state index in [0.29, 0.717) is 19.0 Å². The number of likely N-dealkylation sites (tertiary alicyclic amines) is 1. The molecule has 1 amide bonds. The summed E-state index contributed by atoms with van der Waals surface area (Å²) in [4.78, 5) is 24.1. The lowest BCUT2D eigenvalue weighted by Crippen LogP contribution is -2.29. The Morgan fingerprint density at radius 2 is 2.12 bits per heavy atom. The zero-order chi connectivity index (χ0) is 12.3. The number of carbonyl (C=O) groups is 2. The van der Waals surface area contributed by atoms with Gasteiger partial charge >= 0.3 is 5.97 Å². The van der Waals surface area contributed by atoms with Crippen molar-refractivity contribution in [1.82, 2.24) is 4.90 Å². The first kappa shape index (κ1) is 12.4. The van der Waals surface area contributed by atoms with Gasteiger partial charge in [0.1, 0.15) is 0 Å². The van der Waals surface area contributed by atoms with Gasteiger partial charge in [-0.2, -0.15) is 0 Å². The first-order valence-electron chi connectivity index (χ1n) is 6.25. The normalized spacial score (nSPS) is 26.5. The Kier molecular flexibility index (Phi) is 3.99. The maximum Gasteiger partial charge on any atom is 0.308 e. The topological polar surface area (TPSA) is 66.8 Å². The highest BCUT2D eigenvalue weighted by atomic mass is 16.5. The highest BCUT2D eigenvalue weighted by molar-refractivity contribution is 5.86. The summed E-state index contributed by atoms with van der Waals surface area (Å²) in [7, 11) is 0. The summed E-state index contributed by atoms with van der Waals surface area (Å²) in [5, 5.41) is 8.87. The second-order valence-electron chi connectivity index (χ2n) is 4.92. The Bertz CT molecular complexity index is 299. The highest BCUT2D eigenvalue weighted by Crippen LogP contribution is 2.22. The quantitative estimate of drug-likeness (QED) is 0.788. The van der Waals surface area contributed by atoms with Crippen LogP contribution in [-0.4, -0.2) is 48.2 Å². The first-order chi connectivity index (χ1) is 8.16. The number of ether oxygens (including phenoxy) is 1. The number of aliphatic carboxylic acids is 1. The fraction of sp³-hybridized carbons (Fsp3) is 0.833. The minimum atomic E-state index is -0.855. The molecule has 5 nitrogen and oxygen atoms in total. The molecule has 5 heteroatoms. The molecule has 2 aliphatic heterocycles. The molecule has 2 heterocycles. The third-order valence-electron chi connectivity index (χ3n) is 3.71. The number of amides is 1. The number of carboxylic acid groups (broad SMARTS) is 1. The molecule has 2 fully saturated rings. The van der Waals surface area contributed by atoms with Crippen molar-refractivity contribution in [2.24, 2.45) is 11.8 Å². The van der Waals surface area contributed by atoms with E-state index < -0.39 is 11.9 Å². The molecule has 0 aromatic rings. The summed E-state index contributed by atoms with van der Waals surface area (Å²) in [5.74, 6) is -0.742. The van der Waals surface area contributed by atoms with E-state index >= 15 is 0 Å². The number of carbonyl (C=O) groups excluding carboxylic acids is 1. The SMILES string of the molecule is O=C(O)C1CC(=O)N(CCC2CCOCC2)C1. The molecule has 1 unspecified atom stereocenters. The Morgan fingerprint density at radius 1 is 1.41 bits per heavy atom. The van der Waals surface area contributed by atoms with Crippen LogP contribution in [0.4, 0.5) is 0 Å². The van der Waals surface area contributed by atoms with Crippen molar-refractivity contribution in [1.29, 1.82) is 0 Å². The van der Waals surface area contributed by atoms with Gasteiger partial charge in [-0.05, 0) is 25.2 Å². The van der Waals surface area contributed by atoms with Crippen LogP contribution in [0.15, 0.2) is 0 Å². The van der Waals surface area contributed by atoms with Gasteiger partial charge in [0.25, 0.3) is 0 Å². The average molecular weight is 241 g/mol. The molecular weight excluding hydrogens is 222 g/mol. The number of carboxylic acids is 1. The summed E-state index contributed by atoms with van der Waals surface area (Å²) in [6, 6.07) is 0. The maximum atomic E-state index is 11.6. The molecule has 0 aromatic carbocycles. The predicted molar refractivity (Wildman–Crippen MR) is 60.5 cm³/mol. The minimum absolute atomic E-state index is 0.00976. The van der Waals surface area contributed by atoms with Gasteiger partial charge in [-0.3, -0.25) is 9.59 Å². The van der Waals surface area contributed by atoms with E-state index in [2.05, 4.69) is 0 Å². The summed E-state index contributed by atoms with van der Waals surface area (Å²) in [5.41, 5.74) is 0. The molecule has 2 aliphatic rings. The number of hydrogen-bond donors (Lipinski definition) is 1. The fourth-order valence-electron chi connectivity index (χ4n) is 2.53. The molecule has 0 bridgehead atoms. The van der Waals surface area contributed by atoms with Gasteiger partial charge in [0.15, 0.2) is 0 Å². The molecule has 1 N–H and O–H groups in total. The van der Waals surface area contributed by atoms with E-state index in [1.54, 1.807) is 4.90 Å². The van der Waals surface area contributed by atoms with Crippen molar-refractivity contribution < 1.29 is 19.4 Å². The van der Waals surface area contributed by atoms with E-state index in [9.17, 15) is 9.59 Å². The Morgan fingerprint density at radius 3 is 2.71 bits per heavy atom. The Hall–Kier alpha value is -1.10. The molecule has 2 rings (SSSR count). The standard InChI is InChI=1S/C12H19NO4/c14-11-7-10(12(15)16)8-13(11)4-1-9-2-5-17-6-3-9/h9-10H,1-8H2,(H,15,16). The van der Waals surface area contributed by atoms with Gasteiger partial charge < -0.3 is 14.7 Å². The zero-order valence-corrected chi connectivity index (χ0v) is 9.93. The molecule has 0 aromatic heterocycles. The monoisotopic (exact) mass is 241 g/mol. The molecule has 0 spiro atoms. The van der Waals surface area contributed by atoms with Gasteiger partial charge in [-0.25, -0.2) is 0 Å². The van der Waals surface area contributed by atoms with Crippen LogP contribution >= 0.6 is 0 Å². The molecule has 0 radical (unpaired) electrons. The molecule has 96 valence electrons. The van der Waals surface area contributed by atoms with Crippen molar-refractivity contribution in [2.75, 3.05) is 26.3 Å². The largest absolute Gasteiger partial charge is 0.481 e. The maximum absolute atomic E-state index is 11.6. The Balaban J connectivity index is 1.75. The lowest BCUT2D eigenvalue weighted by molar-refractivity contribution is -0.141. The molecule has 0 aliphatic carbocycles. The van der Waals surface area contributed by atoms with Gasteiger partial charge in [0.2, 0.25) is 5.91 Å². The van der Waals surface area contributed by atoms with Gasteiger partial charge in [-0.1, -0.05) is 0 Å². The van der Waals surface area contributed by atoms with Crippen LogP contribution in [0.25, 0.3) is 0 Å². The van der Waals surface area contributed by atoms with Gasteiger partial charge in [0, 0.05) is 32.7 Å². The highest BCUT2D eigenvalue weighted by Gasteiger charge is 2.34. The van der Waals surface area contributed by atoms with E-state index in [1.807, 2.05) is 0 Å². The van der Waals surface area contributed by atoms with E-state index in [4.69, 9.17) is 9.84 Å². The average Bonchev–Trinajstić information content (AvgIpc) is 2.70. The van der Waals surface area contributed by atoms with Crippen LogP contribution in [0.1, 0.15) is 25.7 Å². The van der Waals surface area contributed by atoms with Crippen LogP contribution in [0.2, 0.25) is 0 Å². The summed E-state index contributed by atoms with van der Waals surface area (Å²) >= 11 is 0. The van der Waals surface area contributed by atoms with Crippen molar-refractivity contribution in [3.05, 3.63) is 0 Å². The lowest BCUT2D eigenvalue weighted by atomic mass is 9.96. The zero-order valence-electron chi connectivity index (χ0n) is 9.93. The van der Waals surface area contributed by atoms with Crippen LogP contribution in [0.3, 0.4) is 0 Å². The van der Waals surface area contributed by atoms with Gasteiger partial charge in [0.05, 0.1) is 5.92 Å². The van der Waals surface area contributed by atoms with E-state index in [0.717, 1.165) is 32.5 Å². The van der Waals surface area contributed by atoms with E-state index in [-0.39, 0.29) is 12.3 Å². The van der Waals surface area contributed by atoms with Crippen molar-refractivity contribution >= 4 is 11.9 Å². The number of nitrogens with zero attached hydrogens (tertiary/aromatic N) is 1. The molecule has 2 saturated heterocycles. The third kappa shape index (κ3) is 3.19. The molecule has 1 atom stereocenters. The predicted octanol–water partition coefficient (Wildman–Crippen LogP) is 0.736. The second kappa shape index (κ2) is 5.49. The van der Waals surface area contributed by atoms with Crippen molar-refractivity contribution in [3.8, 4) is 0 Å². The van der Waals surface area contributed by atoms with Crippen molar-refractivity contribution in [2.45, 2.75) is 25.7 Å². The Labute approximate surface area is 101 Å². The second-order valence-corrected chi connectivity index (χ2v) is 4.92. The number of hydrogen-bond acceptors (Lipinski definition) is 3. The van der Waals surface area contributed by atoms with Gasteiger partial charge in [-0.15, -0.1) is 0 Å². The summed E-state index contributed by atoms with van der Waals surface area (Å²) in [6.45, 7) is 2.72. The first-order valence-corrected chi connectivity index (χ1v) is 6.25. The van der Waals surface area contributed by atoms with Crippen LogP contribution < -0.4 is 0 Å². The van der Waals surface area contributed by atoms with Crippen LogP contribution in [0.5, 0.6) is 0 Å². The summed E-state index contributed by atoms with van der Waals surface area (Å²) in [6.07, 6.45) is 3.26. The third-order valence-corrected chi connectivity index (χ3v) is 3.71. The summed E-state index contributed by atoms with van der Waals surface area (Å²) < 4.78 is 5.28. The molecule has 0 saturated carbocycles. The van der Waals surface area contributed by atoms with Crippen LogP contribution in [-0.2, 0) is 14.3 Å². The lowest BCUT2D eigenvalue weighted by Gasteiger charge is -2.24. The number of rotatable bonds is 4. The minimum Gasteiger partial charge on any atom is -0.481 e. The molecule has 17 heavy (non-hydrogen) atoms. The van der Waals surface area contributed by atoms with Crippen LogP contribution in [0, 0.1) is 11.8 Å². The van der Waals surface area contributed by atoms with E-state index in [1.165, 1.54) is 0 Å². The fourth-order valence-corrected chi connectivity index (χ4v) is 2.53. The van der Waals surface area contributed by atoms with Crippen molar-refractivity contribution in [3.63, 3.8) is 0 Å². The smallest absolute Gasteiger partial charge is 0.308 e. The molecular formula is C12H19NO4.